The SMILES string of the molecule is CCc1cc2c(-c3ccccc3C)cccc2[cH-]1.CCc1cc2c(-c3ccccc3C)cccc2[cH-]1.[Cl][Zr][Cl].[c-]1cccc2c1[Si]c1ccccc1-2. The second-order valence-corrected chi connectivity index (χ2v) is 17.9. The van der Waals surface area contributed by atoms with Gasteiger partial charge in [0.15, 0.2) is 0 Å². The molecule has 0 atom stereocenters. The summed E-state index contributed by atoms with van der Waals surface area (Å²) in [6.45, 7) is 8.78. The van der Waals surface area contributed by atoms with Crippen LogP contribution in [0.3, 0.4) is 0 Å². The van der Waals surface area contributed by atoms with E-state index < -0.39 is 20.8 Å². The van der Waals surface area contributed by atoms with Crippen LogP contribution in [0.5, 0.6) is 0 Å². The summed E-state index contributed by atoms with van der Waals surface area (Å²) in [4.78, 5) is 0. The summed E-state index contributed by atoms with van der Waals surface area (Å²) in [5.41, 5.74) is 13.7. The summed E-state index contributed by atoms with van der Waals surface area (Å²) < 4.78 is 0. The molecule has 1 heterocycles. The average molecular weight is 808 g/mol. The van der Waals surface area contributed by atoms with Gasteiger partial charge in [0.25, 0.3) is 0 Å². The Bertz CT molecular complexity index is 2230. The van der Waals surface area contributed by atoms with Gasteiger partial charge < -0.3 is 0 Å². The minimum atomic E-state index is -0.826. The molecule has 0 saturated heterocycles. The Morgan fingerprint density at radius 3 is 1.48 bits per heavy atom. The van der Waals surface area contributed by atoms with Crippen LogP contribution in [-0.2, 0) is 33.7 Å². The molecule has 0 N–H and O–H groups in total. The van der Waals surface area contributed by atoms with Crippen molar-refractivity contribution >= 4 is 58.5 Å². The summed E-state index contributed by atoms with van der Waals surface area (Å²) in [6.07, 6.45) is 2.20. The number of aryl methyl sites for hydroxylation is 4. The van der Waals surface area contributed by atoms with Crippen molar-refractivity contribution in [1.82, 2.24) is 0 Å². The molecule has 4 heteroatoms. The van der Waals surface area contributed by atoms with Crippen molar-refractivity contribution in [3.8, 4) is 33.4 Å². The van der Waals surface area contributed by atoms with Gasteiger partial charge in [-0.15, -0.1) is 74.6 Å². The number of halogens is 2. The zero-order valence-corrected chi connectivity index (χ0v) is 35.1. The molecule has 0 unspecified atom stereocenters. The zero-order chi connectivity index (χ0) is 36.5. The van der Waals surface area contributed by atoms with E-state index in [1.54, 1.807) is 0 Å². The van der Waals surface area contributed by atoms with E-state index in [1.165, 1.54) is 87.6 Å². The number of benzene rings is 6. The molecule has 0 aliphatic carbocycles. The maximum atomic E-state index is 4.93. The second-order valence-electron chi connectivity index (χ2n) is 12.9. The van der Waals surface area contributed by atoms with Gasteiger partial charge >= 0.3 is 37.9 Å². The Labute approximate surface area is 330 Å². The van der Waals surface area contributed by atoms with Crippen molar-refractivity contribution in [2.75, 3.05) is 0 Å². The minimum absolute atomic E-state index is 0.795. The molecule has 0 saturated carbocycles. The van der Waals surface area contributed by atoms with Crippen molar-refractivity contribution < 1.29 is 20.8 Å². The summed E-state index contributed by atoms with van der Waals surface area (Å²) in [5.74, 6) is 0. The molecule has 8 aromatic rings. The van der Waals surface area contributed by atoms with Crippen molar-refractivity contribution in [2.45, 2.75) is 40.5 Å². The summed E-state index contributed by atoms with van der Waals surface area (Å²) in [6, 6.07) is 57.8. The van der Waals surface area contributed by atoms with Gasteiger partial charge in [0.2, 0.25) is 0 Å². The predicted molar refractivity (Wildman–Crippen MR) is 226 cm³/mol. The first-order valence-electron chi connectivity index (χ1n) is 17.8. The van der Waals surface area contributed by atoms with Gasteiger partial charge in [-0.1, -0.05) is 121 Å². The van der Waals surface area contributed by atoms with Crippen molar-refractivity contribution in [3.63, 3.8) is 0 Å². The van der Waals surface area contributed by atoms with E-state index >= 15 is 0 Å². The van der Waals surface area contributed by atoms with Gasteiger partial charge in [0.1, 0.15) is 0 Å². The quantitative estimate of drug-likeness (QED) is 0.123. The Morgan fingerprint density at radius 1 is 0.538 bits per heavy atom. The van der Waals surface area contributed by atoms with Crippen LogP contribution in [0.2, 0.25) is 0 Å². The molecular formula is C48H41Cl2SiZr-3. The van der Waals surface area contributed by atoms with Crippen molar-refractivity contribution in [1.29, 1.82) is 0 Å². The summed E-state index contributed by atoms with van der Waals surface area (Å²) in [7, 11) is 10.7. The van der Waals surface area contributed by atoms with E-state index in [0.717, 1.165) is 22.4 Å². The van der Waals surface area contributed by atoms with Gasteiger partial charge in [-0.05, 0) is 48.9 Å². The maximum Gasteiger partial charge on any atom is 0.0920 e. The first kappa shape index (κ1) is 38.0. The maximum absolute atomic E-state index is 4.93. The fourth-order valence-corrected chi connectivity index (χ4v) is 8.26. The van der Waals surface area contributed by atoms with E-state index in [9.17, 15) is 0 Å². The molecule has 9 rings (SSSR count). The van der Waals surface area contributed by atoms with Crippen LogP contribution in [0, 0.1) is 19.9 Å². The molecule has 8 aromatic carbocycles. The molecule has 0 spiro atoms. The van der Waals surface area contributed by atoms with Crippen LogP contribution in [-0.4, -0.2) is 9.52 Å². The molecule has 1 aliphatic rings. The van der Waals surface area contributed by atoms with Gasteiger partial charge in [0, 0.05) is 0 Å². The number of fused-ring (bicyclic) bond motifs is 5. The van der Waals surface area contributed by atoms with Crippen molar-refractivity contribution in [2.24, 2.45) is 0 Å². The normalized spacial score (nSPS) is 11.0. The third-order valence-electron chi connectivity index (χ3n) is 9.64. The third-order valence-corrected chi connectivity index (χ3v) is 11.0. The van der Waals surface area contributed by atoms with Crippen LogP contribution >= 0.6 is 17.0 Å². The molecule has 258 valence electrons. The fraction of sp³-hybridized carbons (Fsp3) is 0.125. The third kappa shape index (κ3) is 8.70. The van der Waals surface area contributed by atoms with Crippen LogP contribution in [0.4, 0.5) is 0 Å². The molecule has 0 nitrogen and oxygen atoms in total. The average Bonchev–Trinajstić information content (AvgIpc) is 3.91. The van der Waals surface area contributed by atoms with Gasteiger partial charge in [0.05, 0.1) is 9.52 Å². The standard InChI is InChI=1S/2C18H17.C12H7Si.2ClH.Zr/c2*1-3-14-11-15-8-6-10-17(18(15)12-14)16-9-5-4-7-13(16)2;1-3-7-11-9(5-1)10-6-2-4-8-12(10)13-11;;;/h2*4-12H,3H2,1-2H3;1-7H;2*1H;/q3*-1;;;+2/p-2. The Kier molecular flexibility index (Phi) is 13.4. The summed E-state index contributed by atoms with van der Waals surface area (Å²) in [5, 5.41) is 8.29. The molecule has 0 bridgehead atoms. The molecule has 0 aromatic heterocycles. The molecule has 2 radical (unpaired) electrons. The zero-order valence-electron chi connectivity index (χ0n) is 30.1. The van der Waals surface area contributed by atoms with Crippen LogP contribution in [0.1, 0.15) is 36.1 Å². The first-order chi connectivity index (χ1) is 25.4. The Hall–Kier alpha value is -3.78. The molecule has 1 aliphatic heterocycles. The van der Waals surface area contributed by atoms with E-state index in [0.29, 0.717) is 0 Å². The smallest absolute Gasteiger partial charge is 0.0920 e. The van der Waals surface area contributed by atoms with E-state index in [4.69, 9.17) is 17.0 Å². The summed E-state index contributed by atoms with van der Waals surface area (Å²) >= 11 is -0.826. The second kappa shape index (κ2) is 18.3. The first-order valence-corrected chi connectivity index (χ1v) is 25.1. The van der Waals surface area contributed by atoms with Gasteiger partial charge in [-0.2, -0.15) is 41.6 Å². The molecule has 52 heavy (non-hydrogen) atoms. The Balaban J connectivity index is 0.000000130. The van der Waals surface area contributed by atoms with E-state index in [-0.39, 0.29) is 0 Å². The van der Waals surface area contributed by atoms with Crippen LogP contribution in [0.15, 0.2) is 152 Å². The molecule has 0 fully saturated rings. The minimum Gasteiger partial charge on any atom is -0.184 e. The number of rotatable bonds is 4. The van der Waals surface area contributed by atoms with Crippen molar-refractivity contribution in [3.05, 3.63) is 180 Å². The fourth-order valence-electron chi connectivity index (χ4n) is 6.95. The predicted octanol–water partition coefficient (Wildman–Crippen LogP) is 12.7. The van der Waals surface area contributed by atoms with Crippen LogP contribution < -0.4 is 10.4 Å². The van der Waals surface area contributed by atoms with E-state index in [2.05, 4.69) is 179 Å². The largest absolute Gasteiger partial charge is 0.184 e. The van der Waals surface area contributed by atoms with Crippen LogP contribution in [0.25, 0.3) is 54.9 Å². The topological polar surface area (TPSA) is 0 Å². The number of hydrogen-bond acceptors (Lipinski definition) is 0. The molecular weight excluding hydrogens is 767 g/mol. The van der Waals surface area contributed by atoms with Gasteiger partial charge in [-0.25, -0.2) is 0 Å². The van der Waals surface area contributed by atoms with Gasteiger partial charge in [-0.3, -0.25) is 0 Å². The molecule has 0 amide bonds. The van der Waals surface area contributed by atoms with E-state index in [1.807, 2.05) is 6.07 Å². The Morgan fingerprint density at radius 2 is 0.981 bits per heavy atom. The number of hydrogen-bond donors (Lipinski definition) is 0. The monoisotopic (exact) mass is 805 g/mol.